The van der Waals surface area contributed by atoms with E-state index in [4.69, 9.17) is 9.15 Å². The first-order valence-electron chi connectivity index (χ1n) is 13.3. The van der Waals surface area contributed by atoms with E-state index >= 15 is 8.78 Å². The Morgan fingerprint density at radius 3 is 1.85 bits per heavy atom. The van der Waals surface area contributed by atoms with Crippen molar-refractivity contribution < 1.29 is 17.9 Å². The second-order valence-electron chi connectivity index (χ2n) is 10.4. The molecule has 6 heteroatoms. The molecule has 0 aliphatic carbocycles. The summed E-state index contributed by atoms with van der Waals surface area (Å²) in [6, 6.07) is 30.3. The largest absolute Gasteiger partial charge is 0.457 e. The number of hydrogen-bond donors (Lipinski definition) is 0. The number of nitrogens with zero attached hydrogens (tertiary/aromatic N) is 1. The topological polar surface area (TPSA) is 42.7 Å². The molecule has 4 nitrogen and oxygen atoms in total. The van der Waals surface area contributed by atoms with Crippen LogP contribution in [0, 0.1) is 18.6 Å². The molecule has 5 aromatic carbocycles. The average molecular weight is 542 g/mol. The molecule has 2 aliphatic heterocycles. The van der Waals surface area contributed by atoms with Crippen LogP contribution in [0.25, 0.3) is 10.8 Å². The van der Waals surface area contributed by atoms with Crippen molar-refractivity contribution in [1.82, 2.24) is 0 Å². The van der Waals surface area contributed by atoms with Crippen molar-refractivity contribution in [2.75, 3.05) is 4.90 Å². The van der Waals surface area contributed by atoms with Gasteiger partial charge in [0.2, 0.25) is 0 Å². The molecule has 41 heavy (non-hydrogen) atoms. The van der Waals surface area contributed by atoms with Crippen molar-refractivity contribution >= 4 is 27.8 Å². The molecule has 0 atom stereocenters. The van der Waals surface area contributed by atoms with Gasteiger partial charge in [0.25, 0.3) is 0 Å². The van der Waals surface area contributed by atoms with E-state index in [0.717, 1.165) is 39.1 Å². The summed E-state index contributed by atoms with van der Waals surface area (Å²) in [5.41, 5.74) is 4.43. The third-order valence-electron chi connectivity index (χ3n) is 8.26. The summed E-state index contributed by atoms with van der Waals surface area (Å²) in [4.78, 5) is 14.5. The van der Waals surface area contributed by atoms with Gasteiger partial charge in [-0.3, -0.25) is 0 Å². The molecule has 3 heterocycles. The number of ether oxygens (including phenoxy) is 1. The molecule has 0 unspecified atom stereocenters. The van der Waals surface area contributed by atoms with E-state index in [2.05, 4.69) is 0 Å². The van der Waals surface area contributed by atoms with Crippen LogP contribution in [-0.2, 0) is 5.41 Å². The Morgan fingerprint density at radius 1 is 0.659 bits per heavy atom. The third-order valence-corrected chi connectivity index (χ3v) is 8.26. The van der Waals surface area contributed by atoms with Crippen molar-refractivity contribution in [2.24, 2.45) is 0 Å². The summed E-state index contributed by atoms with van der Waals surface area (Å²) >= 11 is 0. The monoisotopic (exact) mass is 541 g/mol. The van der Waals surface area contributed by atoms with Crippen molar-refractivity contribution in [3.05, 3.63) is 159 Å². The summed E-state index contributed by atoms with van der Waals surface area (Å²) in [7, 11) is 0. The van der Waals surface area contributed by atoms with E-state index in [1.807, 2.05) is 72.5 Å². The van der Waals surface area contributed by atoms with Gasteiger partial charge < -0.3 is 14.1 Å². The van der Waals surface area contributed by atoms with Crippen LogP contribution >= 0.6 is 0 Å². The van der Waals surface area contributed by atoms with E-state index in [-0.39, 0.29) is 0 Å². The maximum atomic E-state index is 15.3. The van der Waals surface area contributed by atoms with Crippen molar-refractivity contribution in [3.8, 4) is 11.5 Å². The average Bonchev–Trinajstić information content (AvgIpc) is 2.99. The number of para-hydroxylation sites is 2. The zero-order chi connectivity index (χ0) is 27.9. The molecule has 0 saturated carbocycles. The molecule has 0 N–H and O–H groups in total. The van der Waals surface area contributed by atoms with Gasteiger partial charge in [-0.25, -0.2) is 13.6 Å². The van der Waals surface area contributed by atoms with Gasteiger partial charge in [0.1, 0.15) is 23.1 Å². The van der Waals surface area contributed by atoms with Gasteiger partial charge in [-0.05, 0) is 95.7 Å². The van der Waals surface area contributed by atoms with Crippen molar-refractivity contribution in [2.45, 2.75) is 12.3 Å². The fourth-order valence-electron chi connectivity index (χ4n) is 6.58. The lowest BCUT2D eigenvalue weighted by Crippen LogP contribution is -2.40. The van der Waals surface area contributed by atoms with Gasteiger partial charge in [-0.15, -0.1) is 0 Å². The van der Waals surface area contributed by atoms with Crippen LogP contribution in [0.1, 0.15) is 27.8 Å². The number of rotatable bonds is 1. The molecule has 0 bridgehead atoms. The first-order valence-corrected chi connectivity index (χ1v) is 13.3. The summed E-state index contributed by atoms with van der Waals surface area (Å²) < 4.78 is 42.1. The minimum absolute atomic E-state index is 0.406. The predicted molar refractivity (Wildman–Crippen MR) is 154 cm³/mol. The molecule has 0 saturated heterocycles. The van der Waals surface area contributed by atoms with Gasteiger partial charge in [0.05, 0.1) is 28.4 Å². The maximum absolute atomic E-state index is 15.3. The van der Waals surface area contributed by atoms with Crippen LogP contribution in [0.4, 0.5) is 25.8 Å². The molecule has 1 spiro atoms. The van der Waals surface area contributed by atoms with E-state index in [0.29, 0.717) is 28.0 Å². The fraction of sp³-hybridized carbons (Fsp3) is 0.0571. The minimum Gasteiger partial charge on any atom is -0.457 e. The second-order valence-corrected chi connectivity index (χ2v) is 10.4. The SMILES string of the molecule is Cc1coc(=O)c2ccc(N3c4ccc(F)cc4C4(c5ccccc5Oc5ccccc54)c4cc(F)ccc43)cc12. The number of fused-ring (bicyclic) bond motifs is 9. The van der Waals surface area contributed by atoms with Crippen LogP contribution in [0.2, 0.25) is 0 Å². The zero-order valence-corrected chi connectivity index (χ0v) is 21.8. The number of hydrogen-bond acceptors (Lipinski definition) is 4. The quantitative estimate of drug-likeness (QED) is 0.209. The molecule has 0 amide bonds. The van der Waals surface area contributed by atoms with Crippen LogP contribution in [0.15, 0.2) is 119 Å². The summed E-state index contributed by atoms with van der Waals surface area (Å²) in [6.45, 7) is 1.88. The molecule has 8 rings (SSSR count). The van der Waals surface area contributed by atoms with E-state index in [9.17, 15) is 4.79 Å². The van der Waals surface area contributed by atoms with Gasteiger partial charge in [-0.2, -0.15) is 0 Å². The lowest BCUT2D eigenvalue weighted by molar-refractivity contribution is 0.433. The maximum Gasteiger partial charge on any atom is 0.343 e. The number of halogens is 2. The standard InChI is InChI=1S/C35H21F2NO3/c1-20-19-40-34(39)24-13-12-23(18-25(20)24)38-30-14-10-21(36)16-28(30)35(29-17-22(37)11-15-31(29)38)26-6-2-4-8-32(26)41-33-9-5-3-7-27(33)35/h2-19H,1H3. The Kier molecular flexibility index (Phi) is 4.83. The molecular formula is C35H21F2NO3. The third kappa shape index (κ3) is 3.16. The first-order chi connectivity index (χ1) is 20.0. The number of aryl methyl sites for hydroxylation is 1. The highest BCUT2D eigenvalue weighted by molar-refractivity contribution is 5.95. The predicted octanol–water partition coefficient (Wildman–Crippen LogP) is 8.65. The van der Waals surface area contributed by atoms with Gasteiger partial charge in [-0.1, -0.05) is 36.4 Å². The molecule has 2 aliphatic rings. The van der Waals surface area contributed by atoms with Gasteiger partial charge >= 0.3 is 5.63 Å². The van der Waals surface area contributed by atoms with Crippen LogP contribution in [0.5, 0.6) is 11.5 Å². The van der Waals surface area contributed by atoms with E-state index < -0.39 is 22.7 Å². The van der Waals surface area contributed by atoms with Crippen LogP contribution in [-0.4, -0.2) is 0 Å². The molecule has 0 fully saturated rings. The molecular weight excluding hydrogens is 520 g/mol. The van der Waals surface area contributed by atoms with Gasteiger partial charge in [0, 0.05) is 16.8 Å². The van der Waals surface area contributed by atoms with Crippen molar-refractivity contribution in [3.63, 3.8) is 0 Å². The molecule has 6 aromatic rings. The zero-order valence-electron chi connectivity index (χ0n) is 21.8. The Balaban J connectivity index is 1.53. The normalized spacial score (nSPS) is 14.2. The Morgan fingerprint density at radius 2 is 1.24 bits per heavy atom. The summed E-state index contributed by atoms with van der Waals surface area (Å²) in [6.07, 6.45) is 1.45. The smallest absolute Gasteiger partial charge is 0.343 e. The fourth-order valence-corrected chi connectivity index (χ4v) is 6.58. The Hall–Kier alpha value is -5.23. The van der Waals surface area contributed by atoms with Crippen LogP contribution in [0.3, 0.4) is 0 Å². The number of benzene rings is 5. The summed E-state index contributed by atoms with van der Waals surface area (Å²) in [5.74, 6) is 0.434. The second kappa shape index (κ2) is 8.38. The lowest BCUT2D eigenvalue weighted by atomic mass is 9.61. The molecule has 1 aromatic heterocycles. The number of anilines is 3. The van der Waals surface area contributed by atoms with Crippen molar-refractivity contribution in [1.29, 1.82) is 0 Å². The van der Waals surface area contributed by atoms with E-state index in [1.54, 1.807) is 18.2 Å². The Labute approximate surface area is 233 Å². The highest BCUT2D eigenvalue weighted by Crippen LogP contribution is 2.62. The minimum atomic E-state index is -1.06. The van der Waals surface area contributed by atoms with E-state index in [1.165, 1.54) is 30.5 Å². The van der Waals surface area contributed by atoms with Gasteiger partial charge in [0.15, 0.2) is 0 Å². The first kappa shape index (κ1) is 23.6. The Bertz CT molecular complexity index is 2020. The molecule has 198 valence electrons. The van der Waals surface area contributed by atoms with Crippen LogP contribution < -0.4 is 15.3 Å². The summed E-state index contributed by atoms with van der Waals surface area (Å²) in [5, 5.41) is 1.21. The highest BCUT2D eigenvalue weighted by atomic mass is 19.1. The highest BCUT2D eigenvalue weighted by Gasteiger charge is 2.51. The molecule has 0 radical (unpaired) electrons. The lowest BCUT2D eigenvalue weighted by Gasteiger charge is -2.48.